The normalized spacial score (nSPS) is 13.7. The van der Waals surface area contributed by atoms with Crippen LogP contribution in [-0.4, -0.2) is 41.4 Å². The van der Waals surface area contributed by atoms with Crippen LogP contribution in [0.2, 0.25) is 0 Å². The minimum absolute atomic E-state index is 0.167. The molecule has 1 amide bonds. The fourth-order valence-electron chi connectivity index (χ4n) is 3.49. The molecule has 4 rings (SSSR count). The Morgan fingerprint density at radius 2 is 2.00 bits per heavy atom. The van der Waals surface area contributed by atoms with E-state index in [9.17, 15) is 4.79 Å². The van der Waals surface area contributed by atoms with Gasteiger partial charge in [0.2, 0.25) is 5.91 Å². The summed E-state index contributed by atoms with van der Waals surface area (Å²) in [5.74, 6) is 1.54. The van der Waals surface area contributed by atoms with Gasteiger partial charge in [-0.15, -0.1) is 0 Å². The molecule has 146 valence electrons. The summed E-state index contributed by atoms with van der Waals surface area (Å²) in [7, 11) is 3.25. The molecule has 0 fully saturated rings. The maximum Gasteiger partial charge on any atom is 0.227 e. The molecule has 6 nitrogen and oxygen atoms in total. The minimum Gasteiger partial charge on any atom is -0.493 e. The van der Waals surface area contributed by atoms with E-state index in [1.54, 1.807) is 25.6 Å². The lowest BCUT2D eigenvalue weighted by molar-refractivity contribution is -0.131. The van der Waals surface area contributed by atoms with E-state index in [-0.39, 0.29) is 5.91 Å². The van der Waals surface area contributed by atoms with Gasteiger partial charge in [0.25, 0.3) is 0 Å². The van der Waals surface area contributed by atoms with E-state index in [2.05, 4.69) is 6.07 Å². The SMILES string of the molecule is COc1ccc(-c2cc3n(n2)CCCN(C(=O)Cc2ccsc2)C3)cc1OC. The summed E-state index contributed by atoms with van der Waals surface area (Å²) in [4.78, 5) is 14.7. The maximum absolute atomic E-state index is 12.7. The number of nitrogens with zero attached hydrogens (tertiary/aromatic N) is 3. The van der Waals surface area contributed by atoms with E-state index in [0.717, 1.165) is 42.0 Å². The predicted octanol–water partition coefficient (Wildman–Crippen LogP) is 3.60. The van der Waals surface area contributed by atoms with Crippen molar-refractivity contribution in [3.05, 3.63) is 52.3 Å². The molecule has 0 spiro atoms. The third kappa shape index (κ3) is 3.75. The summed E-state index contributed by atoms with van der Waals surface area (Å²) in [6.45, 7) is 2.16. The zero-order valence-corrected chi connectivity index (χ0v) is 16.9. The number of benzene rings is 1. The van der Waals surface area contributed by atoms with Crippen LogP contribution >= 0.6 is 11.3 Å². The Bertz CT molecular complexity index is 965. The highest BCUT2D eigenvalue weighted by Crippen LogP contribution is 2.32. The van der Waals surface area contributed by atoms with Gasteiger partial charge >= 0.3 is 0 Å². The molecule has 3 aromatic rings. The number of rotatable bonds is 5. The Balaban J connectivity index is 1.55. The largest absolute Gasteiger partial charge is 0.493 e. The number of methoxy groups -OCH3 is 2. The van der Waals surface area contributed by atoms with Crippen molar-refractivity contribution < 1.29 is 14.3 Å². The fourth-order valence-corrected chi connectivity index (χ4v) is 4.16. The third-order valence-electron chi connectivity index (χ3n) is 4.98. The van der Waals surface area contributed by atoms with Crippen molar-refractivity contribution in [2.75, 3.05) is 20.8 Å². The highest BCUT2D eigenvalue weighted by molar-refractivity contribution is 7.08. The highest BCUT2D eigenvalue weighted by Gasteiger charge is 2.21. The Morgan fingerprint density at radius 3 is 2.75 bits per heavy atom. The first-order valence-corrected chi connectivity index (χ1v) is 10.2. The molecule has 28 heavy (non-hydrogen) atoms. The van der Waals surface area contributed by atoms with Gasteiger partial charge in [0, 0.05) is 18.7 Å². The number of thiophene rings is 1. The molecular formula is C21H23N3O3S. The Kier molecular flexibility index (Phi) is 5.34. The van der Waals surface area contributed by atoms with Crippen molar-refractivity contribution in [3.8, 4) is 22.8 Å². The number of carbonyl (C=O) groups is 1. The molecule has 1 aliphatic heterocycles. The molecule has 0 N–H and O–H groups in total. The number of hydrogen-bond acceptors (Lipinski definition) is 5. The Hall–Kier alpha value is -2.80. The molecule has 0 unspecified atom stereocenters. The average molecular weight is 398 g/mol. The number of amides is 1. The number of aryl methyl sites for hydroxylation is 1. The van der Waals surface area contributed by atoms with E-state index < -0.39 is 0 Å². The molecule has 7 heteroatoms. The number of aromatic nitrogens is 2. The van der Waals surface area contributed by atoms with Crippen LogP contribution in [0.15, 0.2) is 41.1 Å². The quantitative estimate of drug-likeness (QED) is 0.660. The highest BCUT2D eigenvalue weighted by atomic mass is 32.1. The van der Waals surface area contributed by atoms with Gasteiger partial charge in [0.05, 0.1) is 38.6 Å². The van der Waals surface area contributed by atoms with Crippen LogP contribution in [0.5, 0.6) is 11.5 Å². The third-order valence-corrected chi connectivity index (χ3v) is 5.71. The molecular weight excluding hydrogens is 374 g/mol. The Morgan fingerprint density at radius 1 is 1.14 bits per heavy atom. The molecule has 0 aliphatic carbocycles. The monoisotopic (exact) mass is 397 g/mol. The topological polar surface area (TPSA) is 56.6 Å². The minimum atomic E-state index is 0.167. The lowest BCUT2D eigenvalue weighted by atomic mass is 10.1. The molecule has 2 aromatic heterocycles. The molecule has 1 aliphatic rings. The molecule has 1 aromatic carbocycles. The molecule has 3 heterocycles. The fraction of sp³-hybridized carbons (Fsp3) is 0.333. The van der Waals surface area contributed by atoms with E-state index in [0.29, 0.717) is 24.5 Å². The standard InChI is InChI=1S/C21H23N3O3S/c1-26-19-5-4-16(11-20(19)27-2)18-12-17-13-23(7-3-8-24(17)22-18)21(25)10-15-6-9-28-14-15/h4-6,9,11-12,14H,3,7-8,10,13H2,1-2H3. The number of ether oxygens (including phenoxy) is 2. The van der Waals surface area contributed by atoms with Crippen LogP contribution in [0.25, 0.3) is 11.3 Å². The van der Waals surface area contributed by atoms with Crippen molar-refractivity contribution in [2.24, 2.45) is 0 Å². The van der Waals surface area contributed by atoms with Crippen molar-refractivity contribution in [2.45, 2.75) is 25.9 Å². The van der Waals surface area contributed by atoms with Gasteiger partial charge in [0.15, 0.2) is 11.5 Å². The first kappa shape index (κ1) is 18.6. The summed E-state index contributed by atoms with van der Waals surface area (Å²) >= 11 is 1.62. The van der Waals surface area contributed by atoms with Crippen LogP contribution in [0, 0.1) is 0 Å². The summed E-state index contributed by atoms with van der Waals surface area (Å²) in [6, 6.07) is 9.87. The second-order valence-electron chi connectivity index (χ2n) is 6.79. The van der Waals surface area contributed by atoms with Gasteiger partial charge in [-0.3, -0.25) is 9.48 Å². The smallest absolute Gasteiger partial charge is 0.227 e. The van der Waals surface area contributed by atoms with Crippen LogP contribution in [-0.2, 0) is 24.3 Å². The molecule has 0 saturated heterocycles. The van der Waals surface area contributed by atoms with Crippen LogP contribution in [0.3, 0.4) is 0 Å². The van der Waals surface area contributed by atoms with Gasteiger partial charge in [-0.05, 0) is 53.1 Å². The lowest BCUT2D eigenvalue weighted by Gasteiger charge is -2.19. The zero-order chi connectivity index (χ0) is 19.5. The predicted molar refractivity (Wildman–Crippen MR) is 109 cm³/mol. The van der Waals surface area contributed by atoms with Crippen molar-refractivity contribution in [1.29, 1.82) is 0 Å². The van der Waals surface area contributed by atoms with Crippen LogP contribution in [0.1, 0.15) is 17.7 Å². The number of fused-ring (bicyclic) bond motifs is 1. The maximum atomic E-state index is 12.7. The van der Waals surface area contributed by atoms with Crippen LogP contribution in [0.4, 0.5) is 0 Å². The summed E-state index contributed by atoms with van der Waals surface area (Å²) < 4.78 is 12.7. The van der Waals surface area contributed by atoms with Crippen molar-refractivity contribution in [1.82, 2.24) is 14.7 Å². The molecule has 0 atom stereocenters. The first-order valence-electron chi connectivity index (χ1n) is 9.26. The van der Waals surface area contributed by atoms with E-state index in [1.165, 1.54) is 0 Å². The van der Waals surface area contributed by atoms with Crippen molar-refractivity contribution in [3.63, 3.8) is 0 Å². The van der Waals surface area contributed by atoms with E-state index in [4.69, 9.17) is 14.6 Å². The first-order chi connectivity index (χ1) is 13.7. The lowest BCUT2D eigenvalue weighted by Crippen LogP contribution is -2.31. The summed E-state index contributed by atoms with van der Waals surface area (Å²) in [5.41, 5.74) is 3.98. The van der Waals surface area contributed by atoms with E-state index >= 15 is 0 Å². The van der Waals surface area contributed by atoms with Gasteiger partial charge in [-0.2, -0.15) is 16.4 Å². The van der Waals surface area contributed by atoms with Crippen molar-refractivity contribution >= 4 is 17.2 Å². The Labute approximate surface area is 168 Å². The van der Waals surface area contributed by atoms with Gasteiger partial charge in [0.1, 0.15) is 0 Å². The summed E-state index contributed by atoms with van der Waals surface area (Å²) in [6.07, 6.45) is 1.36. The van der Waals surface area contributed by atoms with Gasteiger partial charge in [-0.25, -0.2) is 0 Å². The number of hydrogen-bond donors (Lipinski definition) is 0. The second kappa shape index (κ2) is 8.06. The summed E-state index contributed by atoms with van der Waals surface area (Å²) in [5, 5.41) is 8.81. The second-order valence-corrected chi connectivity index (χ2v) is 7.57. The van der Waals surface area contributed by atoms with Gasteiger partial charge in [-0.1, -0.05) is 0 Å². The van der Waals surface area contributed by atoms with E-state index in [1.807, 2.05) is 44.6 Å². The number of carbonyl (C=O) groups excluding carboxylic acids is 1. The van der Waals surface area contributed by atoms with Gasteiger partial charge < -0.3 is 14.4 Å². The zero-order valence-electron chi connectivity index (χ0n) is 16.1. The molecule has 0 radical (unpaired) electrons. The molecule has 0 bridgehead atoms. The molecule has 0 saturated carbocycles. The average Bonchev–Trinajstić information content (AvgIpc) is 3.32. The van der Waals surface area contributed by atoms with Crippen LogP contribution < -0.4 is 9.47 Å².